The predicted molar refractivity (Wildman–Crippen MR) is 92.5 cm³/mol. The van der Waals surface area contributed by atoms with E-state index in [2.05, 4.69) is 10.2 Å². The number of nitrogens with zero attached hydrogens (tertiary/aromatic N) is 1. The van der Waals surface area contributed by atoms with Gasteiger partial charge < -0.3 is 10.2 Å². The molecule has 1 aromatic carbocycles. The van der Waals surface area contributed by atoms with Crippen LogP contribution in [0, 0.1) is 5.41 Å². The lowest BCUT2D eigenvalue weighted by molar-refractivity contribution is -0.132. The lowest BCUT2D eigenvalue weighted by Crippen LogP contribution is -2.44. The standard InChI is InChI=1S/C17H23ClN2OS/c18-14-1-3-15(4-2-14)22-12-5-16(21)20-10-7-17(8-11-20)6-9-19-13-17/h1-4,19H,5-13H2. The van der Waals surface area contributed by atoms with E-state index in [4.69, 9.17) is 11.6 Å². The Morgan fingerprint density at radius 1 is 1.23 bits per heavy atom. The molecule has 0 atom stereocenters. The molecule has 1 N–H and O–H groups in total. The number of nitrogens with one attached hydrogen (secondary N) is 1. The highest BCUT2D eigenvalue weighted by Gasteiger charge is 2.37. The molecule has 0 aromatic heterocycles. The number of likely N-dealkylation sites (tertiary alicyclic amines) is 1. The largest absolute Gasteiger partial charge is 0.343 e. The fraction of sp³-hybridized carbons (Fsp3) is 0.588. The number of carbonyl (C=O) groups is 1. The first-order valence-electron chi connectivity index (χ1n) is 8.04. The molecule has 0 unspecified atom stereocenters. The van der Waals surface area contributed by atoms with E-state index in [9.17, 15) is 4.79 Å². The molecule has 2 aliphatic rings. The molecule has 22 heavy (non-hydrogen) atoms. The normalized spacial score (nSPS) is 20.5. The quantitative estimate of drug-likeness (QED) is 0.854. The second kappa shape index (κ2) is 7.24. The number of thioether (sulfide) groups is 1. The molecule has 2 aliphatic heterocycles. The molecule has 0 bridgehead atoms. The van der Waals surface area contributed by atoms with Crippen molar-refractivity contribution in [2.24, 2.45) is 5.41 Å². The van der Waals surface area contributed by atoms with E-state index in [-0.39, 0.29) is 0 Å². The van der Waals surface area contributed by atoms with Gasteiger partial charge in [0.25, 0.3) is 0 Å². The summed E-state index contributed by atoms with van der Waals surface area (Å²) < 4.78 is 0. The van der Waals surface area contributed by atoms with E-state index in [1.807, 2.05) is 24.3 Å². The molecule has 0 saturated carbocycles. The van der Waals surface area contributed by atoms with Gasteiger partial charge in [-0.2, -0.15) is 0 Å². The zero-order chi connectivity index (χ0) is 15.4. The number of piperidine rings is 1. The van der Waals surface area contributed by atoms with Crippen molar-refractivity contribution in [2.45, 2.75) is 30.6 Å². The molecule has 2 heterocycles. The van der Waals surface area contributed by atoms with Gasteiger partial charge in [0.2, 0.25) is 5.91 Å². The minimum Gasteiger partial charge on any atom is -0.343 e. The van der Waals surface area contributed by atoms with Crippen LogP contribution < -0.4 is 5.32 Å². The first-order valence-corrected chi connectivity index (χ1v) is 9.40. The zero-order valence-corrected chi connectivity index (χ0v) is 14.4. The number of hydrogen-bond donors (Lipinski definition) is 1. The topological polar surface area (TPSA) is 32.3 Å². The van der Waals surface area contributed by atoms with Crippen LogP contribution >= 0.6 is 23.4 Å². The van der Waals surface area contributed by atoms with Gasteiger partial charge in [0.1, 0.15) is 0 Å². The van der Waals surface area contributed by atoms with Crippen molar-refractivity contribution in [3.63, 3.8) is 0 Å². The fourth-order valence-electron chi connectivity index (χ4n) is 3.40. The summed E-state index contributed by atoms with van der Waals surface area (Å²) in [6, 6.07) is 7.81. The average molecular weight is 339 g/mol. The highest BCUT2D eigenvalue weighted by atomic mass is 35.5. The smallest absolute Gasteiger partial charge is 0.223 e. The van der Waals surface area contributed by atoms with Gasteiger partial charge in [0.05, 0.1) is 0 Å². The Morgan fingerprint density at radius 2 is 1.95 bits per heavy atom. The number of carbonyl (C=O) groups excluding carboxylic acids is 1. The van der Waals surface area contributed by atoms with Crippen LogP contribution in [0.1, 0.15) is 25.7 Å². The van der Waals surface area contributed by atoms with Crippen LogP contribution in [-0.4, -0.2) is 42.7 Å². The summed E-state index contributed by atoms with van der Waals surface area (Å²) >= 11 is 7.60. The van der Waals surface area contributed by atoms with E-state index in [0.717, 1.165) is 49.8 Å². The maximum absolute atomic E-state index is 12.3. The second-order valence-electron chi connectivity index (χ2n) is 6.36. The Morgan fingerprint density at radius 3 is 2.59 bits per heavy atom. The minimum atomic E-state index is 0.308. The summed E-state index contributed by atoms with van der Waals surface area (Å²) in [6.07, 6.45) is 4.23. The summed E-state index contributed by atoms with van der Waals surface area (Å²) in [4.78, 5) is 15.6. The lowest BCUT2D eigenvalue weighted by atomic mass is 9.78. The molecule has 5 heteroatoms. The first kappa shape index (κ1) is 16.2. The summed E-state index contributed by atoms with van der Waals surface area (Å²) in [6.45, 7) is 4.16. The minimum absolute atomic E-state index is 0.308. The molecule has 3 nitrogen and oxygen atoms in total. The number of rotatable bonds is 4. The fourth-order valence-corrected chi connectivity index (χ4v) is 4.36. The Kier molecular flexibility index (Phi) is 5.32. The average Bonchev–Trinajstić information content (AvgIpc) is 2.98. The summed E-state index contributed by atoms with van der Waals surface area (Å²) in [5, 5.41) is 4.22. The number of amides is 1. The van der Waals surface area contributed by atoms with Gasteiger partial charge in [0.15, 0.2) is 0 Å². The zero-order valence-electron chi connectivity index (χ0n) is 12.8. The van der Waals surface area contributed by atoms with E-state index in [1.165, 1.54) is 11.3 Å². The Bertz CT molecular complexity index is 504. The third kappa shape index (κ3) is 3.98. The summed E-state index contributed by atoms with van der Waals surface area (Å²) in [5.74, 6) is 1.14. The highest BCUT2D eigenvalue weighted by Crippen LogP contribution is 2.37. The van der Waals surface area contributed by atoms with Gasteiger partial charge in [0, 0.05) is 41.7 Å². The molecule has 2 saturated heterocycles. The summed E-state index contributed by atoms with van der Waals surface area (Å²) in [7, 11) is 0. The molecular formula is C17H23ClN2OS. The van der Waals surface area contributed by atoms with Crippen molar-refractivity contribution in [3.8, 4) is 0 Å². The third-order valence-electron chi connectivity index (χ3n) is 4.91. The van der Waals surface area contributed by atoms with Gasteiger partial charge in [-0.3, -0.25) is 4.79 Å². The van der Waals surface area contributed by atoms with E-state index >= 15 is 0 Å². The molecule has 120 valence electrons. The van der Waals surface area contributed by atoms with E-state index in [0.29, 0.717) is 17.7 Å². The van der Waals surface area contributed by atoms with Crippen LogP contribution in [-0.2, 0) is 4.79 Å². The third-order valence-corrected chi connectivity index (χ3v) is 6.17. The maximum atomic E-state index is 12.3. The lowest BCUT2D eigenvalue weighted by Gasteiger charge is -2.39. The van der Waals surface area contributed by atoms with Crippen molar-refractivity contribution < 1.29 is 4.79 Å². The van der Waals surface area contributed by atoms with Gasteiger partial charge in [-0.15, -0.1) is 11.8 Å². The number of benzene rings is 1. The molecule has 1 aromatic rings. The molecule has 0 radical (unpaired) electrons. The first-order chi connectivity index (χ1) is 10.7. The van der Waals surface area contributed by atoms with Crippen molar-refractivity contribution in [2.75, 3.05) is 31.9 Å². The molecule has 3 rings (SSSR count). The Hall–Kier alpha value is -0.710. The van der Waals surface area contributed by atoms with Crippen molar-refractivity contribution >= 4 is 29.3 Å². The molecule has 0 aliphatic carbocycles. The Balaban J connectivity index is 1.40. The van der Waals surface area contributed by atoms with Gasteiger partial charge >= 0.3 is 0 Å². The van der Waals surface area contributed by atoms with Gasteiger partial charge in [-0.25, -0.2) is 0 Å². The number of halogens is 1. The van der Waals surface area contributed by atoms with Gasteiger partial charge in [-0.05, 0) is 55.5 Å². The molecule has 1 spiro atoms. The van der Waals surface area contributed by atoms with Crippen LogP contribution in [0.5, 0.6) is 0 Å². The van der Waals surface area contributed by atoms with Crippen LogP contribution in [0.4, 0.5) is 0 Å². The highest BCUT2D eigenvalue weighted by molar-refractivity contribution is 7.99. The van der Waals surface area contributed by atoms with Crippen LogP contribution in [0.15, 0.2) is 29.2 Å². The second-order valence-corrected chi connectivity index (χ2v) is 7.96. The van der Waals surface area contributed by atoms with Crippen molar-refractivity contribution in [1.82, 2.24) is 10.2 Å². The summed E-state index contributed by atoms with van der Waals surface area (Å²) in [5.41, 5.74) is 0.481. The predicted octanol–water partition coefficient (Wildman–Crippen LogP) is 3.42. The molecule has 2 fully saturated rings. The van der Waals surface area contributed by atoms with Gasteiger partial charge in [-0.1, -0.05) is 11.6 Å². The maximum Gasteiger partial charge on any atom is 0.223 e. The molecule has 1 amide bonds. The van der Waals surface area contributed by atoms with E-state index < -0.39 is 0 Å². The van der Waals surface area contributed by atoms with Crippen molar-refractivity contribution in [1.29, 1.82) is 0 Å². The number of hydrogen-bond acceptors (Lipinski definition) is 3. The van der Waals surface area contributed by atoms with Crippen molar-refractivity contribution in [3.05, 3.63) is 29.3 Å². The van der Waals surface area contributed by atoms with Crippen LogP contribution in [0.3, 0.4) is 0 Å². The monoisotopic (exact) mass is 338 g/mol. The molecular weight excluding hydrogens is 316 g/mol. The SMILES string of the molecule is O=C(CCSc1ccc(Cl)cc1)N1CCC2(CCNC2)CC1. The van der Waals surface area contributed by atoms with Crippen LogP contribution in [0.25, 0.3) is 0 Å². The Labute approximate surface area is 141 Å². The van der Waals surface area contributed by atoms with Crippen LogP contribution in [0.2, 0.25) is 5.02 Å². The van der Waals surface area contributed by atoms with E-state index in [1.54, 1.807) is 11.8 Å².